The van der Waals surface area contributed by atoms with Gasteiger partial charge in [0.25, 0.3) is 5.91 Å². The molecule has 3 N–H and O–H groups in total. The number of carbonyl (C=O) groups excluding carboxylic acids is 2. The van der Waals surface area contributed by atoms with Gasteiger partial charge in [-0.3, -0.25) is 9.59 Å². The number of nitrogens with one attached hydrogen (secondary N) is 2. The fourth-order valence-corrected chi connectivity index (χ4v) is 3.04. The largest absolute Gasteiger partial charge is 0.394 e. The Morgan fingerprint density at radius 1 is 1.36 bits per heavy atom. The van der Waals surface area contributed by atoms with Crippen LogP contribution >= 0.6 is 35.0 Å². The molecule has 1 aromatic rings. The van der Waals surface area contributed by atoms with Gasteiger partial charge in [-0.1, -0.05) is 29.3 Å². The minimum atomic E-state index is -0.432. The Balaban J connectivity index is 1.97. The second kappa shape index (κ2) is 9.79. The average Bonchev–Trinajstić information content (AvgIpc) is 2.90. The van der Waals surface area contributed by atoms with Crippen LogP contribution in [0.2, 0.25) is 10.0 Å². The van der Waals surface area contributed by atoms with Crippen LogP contribution in [-0.2, 0) is 14.3 Å². The standard InChI is InChI=1S/C15H15Cl2N3O4S/c16-9-2-1-3-10(17)13(9)19-15-20-14(23)11(25-15)8-12(22)18-4-6-24-7-5-21/h1-3,8,21H,4-7H2,(H,18,22)(H,19,20,23)/b11-8-. The molecule has 1 aliphatic rings. The lowest BCUT2D eigenvalue weighted by Crippen LogP contribution is -2.26. The number of aliphatic hydroxyl groups excluding tert-OH is 1. The fourth-order valence-electron chi connectivity index (χ4n) is 1.76. The first-order chi connectivity index (χ1) is 12.0. The first-order valence-corrected chi connectivity index (χ1v) is 8.78. The fraction of sp³-hybridized carbons (Fsp3) is 0.267. The van der Waals surface area contributed by atoms with Crippen molar-refractivity contribution >= 4 is 57.6 Å². The highest BCUT2D eigenvalue weighted by Gasteiger charge is 2.25. The number of amides is 2. The summed E-state index contributed by atoms with van der Waals surface area (Å²) in [6, 6.07) is 4.96. The Morgan fingerprint density at radius 2 is 2.08 bits per heavy atom. The number of aliphatic hydroxyl groups is 1. The molecule has 1 aromatic carbocycles. The zero-order valence-electron chi connectivity index (χ0n) is 12.9. The first-order valence-electron chi connectivity index (χ1n) is 7.21. The molecule has 1 aliphatic heterocycles. The van der Waals surface area contributed by atoms with Crippen molar-refractivity contribution in [2.45, 2.75) is 0 Å². The van der Waals surface area contributed by atoms with Crippen molar-refractivity contribution in [2.75, 3.05) is 26.4 Å². The van der Waals surface area contributed by atoms with E-state index in [0.717, 1.165) is 11.8 Å². The van der Waals surface area contributed by atoms with Gasteiger partial charge in [0, 0.05) is 12.6 Å². The highest BCUT2D eigenvalue weighted by molar-refractivity contribution is 8.18. The predicted molar refractivity (Wildman–Crippen MR) is 98.3 cm³/mol. The van der Waals surface area contributed by atoms with Gasteiger partial charge in [-0.2, -0.15) is 0 Å². The molecule has 0 unspecified atom stereocenters. The van der Waals surface area contributed by atoms with E-state index >= 15 is 0 Å². The smallest absolute Gasteiger partial charge is 0.264 e. The normalized spacial score (nSPS) is 17.2. The SMILES string of the molecule is O=C(/C=C1\SC(=Nc2c(Cl)cccc2Cl)NC1=O)NCCOCCO. The average molecular weight is 404 g/mol. The van der Waals surface area contributed by atoms with Gasteiger partial charge in [-0.15, -0.1) is 0 Å². The van der Waals surface area contributed by atoms with Crippen LogP contribution in [0.1, 0.15) is 0 Å². The molecule has 0 radical (unpaired) electrons. The maximum Gasteiger partial charge on any atom is 0.264 e. The van der Waals surface area contributed by atoms with E-state index in [4.69, 9.17) is 33.0 Å². The molecule has 7 nitrogen and oxygen atoms in total. The van der Waals surface area contributed by atoms with Crippen molar-refractivity contribution in [3.63, 3.8) is 0 Å². The van der Waals surface area contributed by atoms with E-state index < -0.39 is 11.8 Å². The zero-order valence-corrected chi connectivity index (χ0v) is 15.2. The van der Waals surface area contributed by atoms with Crippen LogP contribution in [0.4, 0.5) is 5.69 Å². The van der Waals surface area contributed by atoms with Gasteiger partial charge < -0.3 is 20.5 Å². The molecule has 2 amide bonds. The van der Waals surface area contributed by atoms with Gasteiger partial charge in [-0.25, -0.2) is 4.99 Å². The Bertz CT molecular complexity index is 704. The lowest BCUT2D eigenvalue weighted by atomic mass is 10.3. The van der Waals surface area contributed by atoms with Gasteiger partial charge in [0.1, 0.15) is 5.69 Å². The summed E-state index contributed by atoms with van der Waals surface area (Å²) in [5, 5.41) is 14.7. The summed E-state index contributed by atoms with van der Waals surface area (Å²) >= 11 is 13.1. The summed E-state index contributed by atoms with van der Waals surface area (Å²) in [6.45, 7) is 0.670. The van der Waals surface area contributed by atoms with Gasteiger partial charge in [0.2, 0.25) is 5.91 Å². The third kappa shape index (κ3) is 6.02. The van der Waals surface area contributed by atoms with Crippen molar-refractivity contribution in [1.82, 2.24) is 10.6 Å². The number of benzene rings is 1. The van der Waals surface area contributed by atoms with E-state index in [0.29, 0.717) is 15.7 Å². The third-order valence-electron chi connectivity index (χ3n) is 2.85. The molecule has 0 saturated carbocycles. The molecule has 10 heteroatoms. The van der Waals surface area contributed by atoms with E-state index in [-0.39, 0.29) is 36.4 Å². The van der Waals surface area contributed by atoms with Gasteiger partial charge in [0.05, 0.1) is 34.8 Å². The zero-order chi connectivity index (χ0) is 18.2. The molecule has 0 atom stereocenters. The molecular formula is C15H15Cl2N3O4S. The number of para-hydroxylation sites is 1. The molecule has 0 aliphatic carbocycles. The van der Waals surface area contributed by atoms with Crippen molar-refractivity contribution in [3.05, 3.63) is 39.2 Å². The van der Waals surface area contributed by atoms with Crippen molar-refractivity contribution < 1.29 is 19.4 Å². The number of amidine groups is 1. The highest BCUT2D eigenvalue weighted by Crippen LogP contribution is 2.35. The van der Waals surface area contributed by atoms with Crippen LogP contribution in [0.5, 0.6) is 0 Å². The van der Waals surface area contributed by atoms with Crippen LogP contribution in [0.3, 0.4) is 0 Å². The molecular weight excluding hydrogens is 389 g/mol. The van der Waals surface area contributed by atoms with Gasteiger partial charge in [-0.05, 0) is 23.9 Å². The summed E-state index contributed by atoms with van der Waals surface area (Å²) in [7, 11) is 0. The Labute approximate surface area is 158 Å². The van der Waals surface area contributed by atoms with Gasteiger partial charge in [0.15, 0.2) is 5.17 Å². The van der Waals surface area contributed by atoms with Crippen LogP contribution < -0.4 is 10.6 Å². The number of hydrogen-bond acceptors (Lipinski definition) is 6. The maximum atomic E-state index is 11.9. The quantitative estimate of drug-likeness (QED) is 0.476. The summed E-state index contributed by atoms with van der Waals surface area (Å²) in [5.74, 6) is -0.860. The molecule has 2 rings (SSSR count). The topological polar surface area (TPSA) is 100 Å². The highest BCUT2D eigenvalue weighted by atomic mass is 35.5. The molecule has 0 spiro atoms. The van der Waals surface area contributed by atoms with Crippen LogP contribution in [0.15, 0.2) is 34.2 Å². The van der Waals surface area contributed by atoms with Crippen LogP contribution in [0, 0.1) is 0 Å². The van der Waals surface area contributed by atoms with Crippen LogP contribution in [0.25, 0.3) is 0 Å². The van der Waals surface area contributed by atoms with E-state index in [9.17, 15) is 9.59 Å². The molecule has 1 saturated heterocycles. The van der Waals surface area contributed by atoms with Crippen molar-refractivity contribution in [2.24, 2.45) is 4.99 Å². The minimum Gasteiger partial charge on any atom is -0.394 e. The molecule has 1 heterocycles. The lowest BCUT2D eigenvalue weighted by molar-refractivity contribution is -0.118. The molecule has 25 heavy (non-hydrogen) atoms. The number of ether oxygens (including phenoxy) is 1. The predicted octanol–water partition coefficient (Wildman–Crippen LogP) is 1.85. The number of nitrogens with zero attached hydrogens (tertiary/aromatic N) is 1. The number of aliphatic imine (C=N–C) groups is 1. The Hall–Kier alpha value is -1.58. The van der Waals surface area contributed by atoms with Gasteiger partial charge >= 0.3 is 0 Å². The number of halogens is 2. The summed E-state index contributed by atoms with van der Waals surface area (Å²) in [4.78, 5) is 28.1. The second-order valence-corrected chi connectivity index (χ2v) is 6.52. The summed E-state index contributed by atoms with van der Waals surface area (Å²) in [6.07, 6.45) is 1.18. The monoisotopic (exact) mass is 403 g/mol. The van der Waals surface area contributed by atoms with E-state index in [2.05, 4.69) is 15.6 Å². The number of hydrogen-bond donors (Lipinski definition) is 3. The molecule has 0 bridgehead atoms. The number of thioether (sulfide) groups is 1. The second-order valence-electron chi connectivity index (χ2n) is 4.68. The minimum absolute atomic E-state index is 0.0770. The summed E-state index contributed by atoms with van der Waals surface area (Å²) in [5.41, 5.74) is 0.348. The van der Waals surface area contributed by atoms with Crippen molar-refractivity contribution in [1.29, 1.82) is 0 Å². The van der Waals surface area contributed by atoms with E-state index in [1.54, 1.807) is 18.2 Å². The lowest BCUT2D eigenvalue weighted by Gasteiger charge is -2.03. The third-order valence-corrected chi connectivity index (χ3v) is 4.37. The van der Waals surface area contributed by atoms with Crippen LogP contribution in [-0.4, -0.2) is 48.5 Å². The first kappa shape index (κ1) is 19.7. The van der Waals surface area contributed by atoms with E-state index in [1.807, 2.05) is 0 Å². The number of carbonyl (C=O) groups is 2. The number of rotatable bonds is 7. The summed E-state index contributed by atoms with van der Waals surface area (Å²) < 4.78 is 5.02. The molecule has 134 valence electrons. The Kier molecular flexibility index (Phi) is 7.73. The maximum absolute atomic E-state index is 11.9. The molecule has 1 fully saturated rings. The molecule has 0 aromatic heterocycles. The van der Waals surface area contributed by atoms with E-state index in [1.165, 1.54) is 6.08 Å². The Morgan fingerprint density at radius 3 is 2.76 bits per heavy atom. The van der Waals surface area contributed by atoms with Crippen molar-refractivity contribution in [3.8, 4) is 0 Å².